The number of benzene rings is 1. The van der Waals surface area contributed by atoms with Gasteiger partial charge >= 0.3 is 0 Å². The van der Waals surface area contributed by atoms with E-state index in [0.29, 0.717) is 34.8 Å². The summed E-state index contributed by atoms with van der Waals surface area (Å²) in [6.45, 7) is 0. The Bertz CT molecular complexity index is 1610. The molecule has 10 nitrogen and oxygen atoms in total. The molecule has 5 rings (SSSR count). The third-order valence-electron chi connectivity index (χ3n) is 4.80. The lowest BCUT2D eigenvalue weighted by Gasteiger charge is -2.04. The highest BCUT2D eigenvalue weighted by Crippen LogP contribution is 2.29. The summed E-state index contributed by atoms with van der Waals surface area (Å²) in [6, 6.07) is 16.4. The standard InChI is InChI=1S/C24H22N8O2S/c1-31-13-10-21(28-31)32-24(18-6-4-7-19(14-18)30-35(2,3)33)27-23(29-32)17-9-12-26-22(15-17)34-20-8-5-11-25-16-20/h4-16H,1-3H3. The highest BCUT2D eigenvalue weighted by atomic mass is 32.2. The van der Waals surface area contributed by atoms with Crippen molar-refractivity contribution < 1.29 is 8.95 Å². The van der Waals surface area contributed by atoms with E-state index in [-0.39, 0.29) is 0 Å². The SMILES string of the molecule is Cn1ccc(-n2nc(-c3ccnc(Oc4cccnc4)c3)nc2-c2cccc(N=S(C)(C)=O)c2)n1. The van der Waals surface area contributed by atoms with Crippen LogP contribution in [0.5, 0.6) is 11.6 Å². The first kappa shape index (κ1) is 22.4. The highest BCUT2D eigenvalue weighted by Gasteiger charge is 2.18. The van der Waals surface area contributed by atoms with Crippen molar-refractivity contribution >= 4 is 15.4 Å². The molecule has 0 saturated carbocycles. The molecular formula is C24H22N8O2S. The van der Waals surface area contributed by atoms with Crippen LogP contribution in [0.1, 0.15) is 0 Å². The molecule has 4 aromatic heterocycles. The number of aryl methyl sites for hydroxylation is 1. The summed E-state index contributed by atoms with van der Waals surface area (Å²) in [5.41, 5.74) is 2.09. The largest absolute Gasteiger partial charge is 0.437 e. The predicted octanol–water partition coefficient (Wildman–Crippen LogP) is 4.28. The van der Waals surface area contributed by atoms with E-state index in [1.165, 1.54) is 0 Å². The van der Waals surface area contributed by atoms with Crippen molar-refractivity contribution in [2.24, 2.45) is 11.4 Å². The fraction of sp³-hybridized carbons (Fsp3) is 0.125. The lowest BCUT2D eigenvalue weighted by atomic mass is 10.2. The van der Waals surface area contributed by atoms with Gasteiger partial charge in [-0.2, -0.15) is 14.1 Å². The summed E-state index contributed by atoms with van der Waals surface area (Å²) in [5, 5.41) is 9.23. The van der Waals surface area contributed by atoms with E-state index in [2.05, 4.69) is 19.4 Å². The summed E-state index contributed by atoms with van der Waals surface area (Å²) >= 11 is 0. The van der Waals surface area contributed by atoms with Crippen molar-refractivity contribution in [2.45, 2.75) is 0 Å². The molecule has 0 aliphatic carbocycles. The van der Waals surface area contributed by atoms with Crippen molar-refractivity contribution in [3.05, 3.63) is 79.4 Å². The quantitative estimate of drug-likeness (QED) is 0.352. The number of rotatable bonds is 6. The maximum Gasteiger partial charge on any atom is 0.219 e. The zero-order valence-corrected chi connectivity index (χ0v) is 20.1. The Balaban J connectivity index is 1.59. The van der Waals surface area contributed by atoms with Crippen LogP contribution in [0.25, 0.3) is 28.6 Å². The molecule has 1 aromatic carbocycles. The van der Waals surface area contributed by atoms with E-state index in [4.69, 9.17) is 14.8 Å². The van der Waals surface area contributed by atoms with Crippen LogP contribution >= 0.6 is 0 Å². The van der Waals surface area contributed by atoms with Gasteiger partial charge in [0.1, 0.15) is 5.75 Å². The van der Waals surface area contributed by atoms with Crippen molar-refractivity contribution in [3.63, 3.8) is 0 Å². The Hall–Kier alpha value is -4.38. The van der Waals surface area contributed by atoms with Gasteiger partial charge in [0.2, 0.25) is 5.88 Å². The van der Waals surface area contributed by atoms with Crippen LogP contribution in [0.2, 0.25) is 0 Å². The third kappa shape index (κ3) is 5.25. The van der Waals surface area contributed by atoms with Crippen molar-refractivity contribution in [2.75, 3.05) is 12.5 Å². The molecule has 176 valence electrons. The molecule has 35 heavy (non-hydrogen) atoms. The molecule has 0 amide bonds. The molecule has 0 aliphatic heterocycles. The highest BCUT2D eigenvalue weighted by molar-refractivity contribution is 7.92. The van der Waals surface area contributed by atoms with Gasteiger partial charge in [-0.15, -0.1) is 5.10 Å². The lowest BCUT2D eigenvalue weighted by molar-refractivity contribution is 0.461. The number of pyridine rings is 2. The lowest BCUT2D eigenvalue weighted by Crippen LogP contribution is -2.02. The van der Waals surface area contributed by atoms with E-state index >= 15 is 0 Å². The molecule has 0 N–H and O–H groups in total. The van der Waals surface area contributed by atoms with Crippen LogP contribution in [-0.2, 0) is 16.8 Å². The summed E-state index contributed by atoms with van der Waals surface area (Å²) in [5.74, 6) is 2.63. The van der Waals surface area contributed by atoms with E-state index in [9.17, 15) is 4.21 Å². The Morgan fingerprint density at radius 1 is 0.971 bits per heavy atom. The van der Waals surface area contributed by atoms with Gasteiger partial charge in [-0.3, -0.25) is 9.67 Å². The average Bonchev–Trinajstić information content (AvgIpc) is 3.46. The van der Waals surface area contributed by atoms with Crippen LogP contribution in [0.3, 0.4) is 0 Å². The van der Waals surface area contributed by atoms with E-state index < -0.39 is 9.73 Å². The van der Waals surface area contributed by atoms with Crippen LogP contribution in [0.4, 0.5) is 5.69 Å². The van der Waals surface area contributed by atoms with Gasteiger partial charge in [0, 0.05) is 71.1 Å². The number of ether oxygens (including phenoxy) is 1. The molecule has 0 fully saturated rings. The minimum Gasteiger partial charge on any atom is -0.437 e. The minimum absolute atomic E-state index is 0.396. The first-order valence-electron chi connectivity index (χ1n) is 10.6. The molecule has 0 spiro atoms. The van der Waals surface area contributed by atoms with Gasteiger partial charge in [-0.1, -0.05) is 12.1 Å². The topological polar surface area (TPSA) is 113 Å². The second-order valence-corrected chi connectivity index (χ2v) is 10.6. The normalized spacial score (nSPS) is 11.4. The van der Waals surface area contributed by atoms with Crippen molar-refractivity contribution in [1.82, 2.24) is 34.5 Å². The van der Waals surface area contributed by atoms with Crippen LogP contribution in [0.15, 0.2) is 83.7 Å². The Morgan fingerprint density at radius 2 is 1.86 bits per heavy atom. The number of aromatic nitrogens is 7. The fourth-order valence-corrected chi connectivity index (χ4v) is 4.01. The molecule has 0 atom stereocenters. The summed E-state index contributed by atoms with van der Waals surface area (Å²) in [7, 11) is -0.474. The zero-order chi connectivity index (χ0) is 24.4. The second-order valence-electron chi connectivity index (χ2n) is 8.01. The molecule has 0 saturated heterocycles. The van der Waals surface area contributed by atoms with Gasteiger partial charge in [0.15, 0.2) is 17.5 Å². The first-order valence-corrected chi connectivity index (χ1v) is 13.0. The summed E-state index contributed by atoms with van der Waals surface area (Å²) < 4.78 is 25.7. The van der Waals surface area contributed by atoms with E-state index in [0.717, 1.165) is 11.1 Å². The van der Waals surface area contributed by atoms with Gasteiger partial charge in [-0.05, 0) is 30.3 Å². The summed E-state index contributed by atoms with van der Waals surface area (Å²) in [6.07, 6.45) is 9.96. The van der Waals surface area contributed by atoms with Crippen molar-refractivity contribution in [1.29, 1.82) is 0 Å². The zero-order valence-electron chi connectivity index (χ0n) is 19.3. The molecule has 0 unspecified atom stereocenters. The van der Waals surface area contributed by atoms with Crippen LogP contribution < -0.4 is 4.74 Å². The van der Waals surface area contributed by atoms with Gasteiger partial charge in [0.25, 0.3) is 0 Å². The number of nitrogens with zero attached hydrogens (tertiary/aromatic N) is 8. The maximum atomic E-state index is 12.2. The molecule has 0 aliphatic rings. The van der Waals surface area contributed by atoms with Gasteiger partial charge < -0.3 is 4.74 Å². The fourth-order valence-electron chi connectivity index (χ4n) is 3.38. The average molecular weight is 487 g/mol. The maximum absolute atomic E-state index is 12.2. The molecule has 0 radical (unpaired) electrons. The molecular weight excluding hydrogens is 464 g/mol. The smallest absolute Gasteiger partial charge is 0.219 e. The van der Waals surface area contributed by atoms with Crippen molar-refractivity contribution in [3.8, 4) is 40.2 Å². The summed E-state index contributed by atoms with van der Waals surface area (Å²) in [4.78, 5) is 13.2. The minimum atomic E-state index is -2.31. The van der Waals surface area contributed by atoms with Gasteiger partial charge in [0.05, 0.1) is 11.9 Å². The van der Waals surface area contributed by atoms with E-state index in [1.807, 2.05) is 49.6 Å². The molecule has 4 heterocycles. The Labute approximate surface area is 202 Å². The van der Waals surface area contributed by atoms with Crippen LogP contribution in [-0.4, -0.2) is 51.2 Å². The molecule has 5 aromatic rings. The number of hydrogen-bond donors (Lipinski definition) is 0. The molecule has 11 heteroatoms. The second kappa shape index (κ2) is 9.11. The third-order valence-corrected chi connectivity index (χ3v) is 5.45. The Morgan fingerprint density at radius 3 is 2.60 bits per heavy atom. The van der Waals surface area contributed by atoms with Crippen LogP contribution in [0, 0.1) is 0 Å². The van der Waals surface area contributed by atoms with E-state index in [1.54, 1.807) is 58.7 Å². The molecule has 0 bridgehead atoms. The first-order chi connectivity index (χ1) is 16.8. The monoisotopic (exact) mass is 486 g/mol. The Kier molecular flexibility index (Phi) is 5.83. The predicted molar refractivity (Wildman–Crippen MR) is 133 cm³/mol. The van der Waals surface area contributed by atoms with Gasteiger partial charge in [-0.25, -0.2) is 14.2 Å². The number of hydrogen-bond acceptors (Lipinski definition) is 8.